The Bertz CT molecular complexity index is 458. The van der Waals surface area contributed by atoms with Crippen LogP contribution < -0.4 is 5.32 Å². The number of imidazole rings is 1. The van der Waals surface area contributed by atoms with E-state index in [1.165, 1.54) is 18.4 Å². The van der Waals surface area contributed by atoms with Gasteiger partial charge in [-0.05, 0) is 31.5 Å². The third kappa shape index (κ3) is 3.96. The van der Waals surface area contributed by atoms with Crippen LogP contribution >= 0.6 is 0 Å². The normalized spacial score (nSPS) is 12.7. The highest BCUT2D eigenvalue weighted by Crippen LogP contribution is 2.18. The molecule has 0 amide bonds. The molecular formula is C15H24N4. The molecule has 0 radical (unpaired) electrons. The van der Waals surface area contributed by atoms with Crippen molar-refractivity contribution in [3.8, 4) is 0 Å². The van der Waals surface area contributed by atoms with Crippen molar-refractivity contribution in [3.63, 3.8) is 0 Å². The third-order valence-electron chi connectivity index (χ3n) is 3.49. The van der Waals surface area contributed by atoms with Crippen LogP contribution in [-0.4, -0.2) is 21.2 Å². The van der Waals surface area contributed by atoms with Crippen LogP contribution in [0.4, 0.5) is 0 Å². The summed E-state index contributed by atoms with van der Waals surface area (Å²) >= 11 is 0. The summed E-state index contributed by atoms with van der Waals surface area (Å²) in [4.78, 5) is 4.05. The van der Waals surface area contributed by atoms with Crippen molar-refractivity contribution in [3.05, 3.63) is 42.7 Å². The molecule has 2 aromatic heterocycles. The Hall–Kier alpha value is -1.55. The number of aryl methyl sites for hydroxylation is 2. The molecule has 4 heteroatoms. The zero-order valence-corrected chi connectivity index (χ0v) is 11.9. The Balaban J connectivity index is 1.83. The topological polar surface area (TPSA) is 34.8 Å². The van der Waals surface area contributed by atoms with Crippen LogP contribution in [0.2, 0.25) is 0 Å². The molecule has 4 nitrogen and oxygen atoms in total. The van der Waals surface area contributed by atoms with Crippen molar-refractivity contribution in [2.75, 3.05) is 7.05 Å². The first kappa shape index (κ1) is 13.9. The molecule has 0 aliphatic carbocycles. The van der Waals surface area contributed by atoms with Gasteiger partial charge in [0.25, 0.3) is 0 Å². The van der Waals surface area contributed by atoms with E-state index in [1.807, 2.05) is 25.8 Å². The Morgan fingerprint density at radius 2 is 2.11 bits per heavy atom. The first-order valence-electron chi connectivity index (χ1n) is 7.12. The molecule has 0 saturated heterocycles. The van der Waals surface area contributed by atoms with Crippen LogP contribution in [0.5, 0.6) is 0 Å². The molecule has 0 saturated carbocycles. The maximum Gasteiger partial charge on any atom is 0.0945 e. The average molecular weight is 260 g/mol. The summed E-state index contributed by atoms with van der Waals surface area (Å²) < 4.78 is 4.41. The van der Waals surface area contributed by atoms with Gasteiger partial charge in [0.1, 0.15) is 0 Å². The van der Waals surface area contributed by atoms with Crippen molar-refractivity contribution >= 4 is 0 Å². The van der Waals surface area contributed by atoms with Crippen LogP contribution in [0.1, 0.15) is 37.8 Å². The molecule has 19 heavy (non-hydrogen) atoms. The molecule has 1 N–H and O–H groups in total. The van der Waals surface area contributed by atoms with E-state index in [2.05, 4.69) is 44.8 Å². The van der Waals surface area contributed by atoms with Crippen LogP contribution in [0.25, 0.3) is 0 Å². The van der Waals surface area contributed by atoms with Crippen LogP contribution in [0, 0.1) is 0 Å². The SMILES string of the molecule is CCCC(NC)c1ccn(CCCn2ccnc2)c1. The van der Waals surface area contributed by atoms with E-state index >= 15 is 0 Å². The highest BCUT2D eigenvalue weighted by molar-refractivity contribution is 5.15. The molecule has 0 spiro atoms. The monoisotopic (exact) mass is 260 g/mol. The minimum absolute atomic E-state index is 0.486. The standard InChI is InChI=1S/C15H24N4/c1-3-5-15(16-2)14-6-10-18(12-14)8-4-9-19-11-7-17-13-19/h6-7,10-13,15-16H,3-5,8-9H2,1-2H3. The van der Waals surface area contributed by atoms with E-state index < -0.39 is 0 Å². The minimum atomic E-state index is 0.486. The highest BCUT2D eigenvalue weighted by atomic mass is 15.0. The number of nitrogens with one attached hydrogen (secondary N) is 1. The van der Waals surface area contributed by atoms with Gasteiger partial charge in [-0.3, -0.25) is 0 Å². The van der Waals surface area contributed by atoms with Gasteiger partial charge in [-0.2, -0.15) is 0 Å². The molecule has 2 rings (SSSR count). The zero-order chi connectivity index (χ0) is 13.5. The number of nitrogens with zero attached hydrogens (tertiary/aromatic N) is 3. The Morgan fingerprint density at radius 3 is 2.79 bits per heavy atom. The lowest BCUT2D eigenvalue weighted by atomic mass is 10.1. The predicted molar refractivity (Wildman–Crippen MR) is 78.0 cm³/mol. The number of hydrogen-bond acceptors (Lipinski definition) is 2. The summed E-state index contributed by atoms with van der Waals surface area (Å²) in [6, 6.07) is 2.72. The van der Waals surface area contributed by atoms with Gasteiger partial charge in [0, 0.05) is 43.9 Å². The van der Waals surface area contributed by atoms with Gasteiger partial charge in [-0.15, -0.1) is 0 Å². The third-order valence-corrected chi connectivity index (χ3v) is 3.49. The lowest BCUT2D eigenvalue weighted by molar-refractivity contribution is 0.535. The molecule has 104 valence electrons. The first-order valence-corrected chi connectivity index (χ1v) is 7.12. The summed E-state index contributed by atoms with van der Waals surface area (Å²) in [5.74, 6) is 0. The number of aromatic nitrogens is 3. The van der Waals surface area contributed by atoms with Crippen LogP contribution in [0.15, 0.2) is 37.2 Å². The van der Waals surface area contributed by atoms with Crippen molar-refractivity contribution < 1.29 is 0 Å². The van der Waals surface area contributed by atoms with E-state index in [9.17, 15) is 0 Å². The summed E-state index contributed by atoms with van der Waals surface area (Å²) in [6.07, 6.45) is 13.7. The maximum atomic E-state index is 4.05. The van der Waals surface area contributed by atoms with E-state index in [-0.39, 0.29) is 0 Å². The van der Waals surface area contributed by atoms with Gasteiger partial charge < -0.3 is 14.5 Å². The fraction of sp³-hybridized carbons (Fsp3) is 0.533. The molecular weight excluding hydrogens is 236 g/mol. The maximum absolute atomic E-state index is 4.05. The number of hydrogen-bond donors (Lipinski definition) is 1. The fourth-order valence-corrected chi connectivity index (χ4v) is 2.43. The molecule has 0 aliphatic rings. The highest BCUT2D eigenvalue weighted by Gasteiger charge is 2.08. The first-order chi connectivity index (χ1) is 9.33. The lowest BCUT2D eigenvalue weighted by Gasteiger charge is -2.13. The second-order valence-electron chi connectivity index (χ2n) is 4.97. The van der Waals surface area contributed by atoms with Crippen molar-refractivity contribution in [1.29, 1.82) is 0 Å². The van der Waals surface area contributed by atoms with Gasteiger partial charge >= 0.3 is 0 Å². The molecule has 0 fully saturated rings. The van der Waals surface area contributed by atoms with Gasteiger partial charge in [0.2, 0.25) is 0 Å². The second kappa shape index (κ2) is 7.14. The van der Waals surface area contributed by atoms with Gasteiger partial charge in [-0.25, -0.2) is 4.98 Å². The van der Waals surface area contributed by atoms with E-state index in [0.717, 1.165) is 19.5 Å². The lowest BCUT2D eigenvalue weighted by Crippen LogP contribution is -2.15. The average Bonchev–Trinajstić information content (AvgIpc) is 3.07. The molecule has 2 aromatic rings. The Labute approximate surface area is 115 Å². The van der Waals surface area contributed by atoms with Crippen molar-refractivity contribution in [2.45, 2.75) is 45.3 Å². The van der Waals surface area contributed by atoms with Gasteiger partial charge in [0.05, 0.1) is 6.33 Å². The molecule has 2 heterocycles. The Morgan fingerprint density at radius 1 is 1.26 bits per heavy atom. The van der Waals surface area contributed by atoms with Crippen LogP contribution in [-0.2, 0) is 13.1 Å². The van der Waals surface area contributed by atoms with E-state index in [0.29, 0.717) is 6.04 Å². The zero-order valence-electron chi connectivity index (χ0n) is 11.9. The Kier molecular flexibility index (Phi) is 5.21. The number of rotatable bonds is 8. The molecule has 1 unspecified atom stereocenters. The smallest absolute Gasteiger partial charge is 0.0945 e. The van der Waals surface area contributed by atoms with E-state index in [1.54, 1.807) is 0 Å². The minimum Gasteiger partial charge on any atom is -0.354 e. The molecule has 0 aliphatic heterocycles. The quantitative estimate of drug-likeness (QED) is 0.792. The fourth-order valence-electron chi connectivity index (χ4n) is 2.43. The summed E-state index contributed by atoms with van der Waals surface area (Å²) in [6.45, 7) is 4.31. The predicted octanol–water partition coefficient (Wildman–Crippen LogP) is 2.84. The summed E-state index contributed by atoms with van der Waals surface area (Å²) in [7, 11) is 2.04. The molecule has 1 atom stereocenters. The van der Waals surface area contributed by atoms with Crippen molar-refractivity contribution in [1.82, 2.24) is 19.4 Å². The molecule has 0 bridgehead atoms. The molecule has 0 aromatic carbocycles. The second-order valence-corrected chi connectivity index (χ2v) is 4.97. The van der Waals surface area contributed by atoms with Crippen molar-refractivity contribution in [2.24, 2.45) is 0 Å². The summed E-state index contributed by atoms with van der Waals surface area (Å²) in [5, 5.41) is 3.39. The van der Waals surface area contributed by atoms with E-state index in [4.69, 9.17) is 0 Å². The van der Waals surface area contributed by atoms with Crippen LogP contribution in [0.3, 0.4) is 0 Å². The summed E-state index contributed by atoms with van der Waals surface area (Å²) in [5.41, 5.74) is 1.40. The van der Waals surface area contributed by atoms with Gasteiger partial charge in [0.15, 0.2) is 0 Å². The largest absolute Gasteiger partial charge is 0.354 e. The van der Waals surface area contributed by atoms with Gasteiger partial charge in [-0.1, -0.05) is 13.3 Å².